The van der Waals surface area contributed by atoms with Gasteiger partial charge in [0.05, 0.1) is 12.1 Å². The van der Waals surface area contributed by atoms with Gasteiger partial charge >= 0.3 is 0 Å². The molecule has 2 aromatic heterocycles. The Morgan fingerprint density at radius 3 is 2.79 bits per heavy atom. The second-order valence-corrected chi connectivity index (χ2v) is 4.96. The van der Waals surface area contributed by atoms with Crippen LogP contribution in [0.5, 0.6) is 0 Å². The zero-order chi connectivity index (χ0) is 17.1. The van der Waals surface area contributed by atoms with Crippen molar-refractivity contribution in [3.8, 4) is 11.3 Å². The van der Waals surface area contributed by atoms with E-state index in [1.165, 1.54) is 30.5 Å². The average molecular weight is 330 g/mol. The molecule has 24 heavy (non-hydrogen) atoms. The van der Waals surface area contributed by atoms with Crippen LogP contribution in [0.15, 0.2) is 47.1 Å². The molecule has 0 bridgehead atoms. The van der Waals surface area contributed by atoms with Crippen LogP contribution in [0.2, 0.25) is 0 Å². The van der Waals surface area contributed by atoms with Crippen molar-refractivity contribution in [3.05, 3.63) is 65.5 Å². The molecule has 0 fully saturated rings. The molecule has 3 N–H and O–H groups in total. The minimum absolute atomic E-state index is 0.0768. The van der Waals surface area contributed by atoms with Gasteiger partial charge in [-0.1, -0.05) is 5.16 Å². The molecule has 1 aromatic carbocycles. The highest BCUT2D eigenvalue weighted by molar-refractivity contribution is 5.94. The lowest BCUT2D eigenvalue weighted by atomic mass is 10.1. The Kier molecular flexibility index (Phi) is 4.19. The molecule has 0 saturated carbocycles. The van der Waals surface area contributed by atoms with Crippen molar-refractivity contribution in [1.29, 1.82) is 0 Å². The third-order valence-corrected chi connectivity index (χ3v) is 3.23. The van der Waals surface area contributed by atoms with Gasteiger partial charge < -0.3 is 15.6 Å². The predicted octanol–water partition coefficient (Wildman–Crippen LogP) is 2.53. The number of nitrogens with two attached hydrogens (primary N) is 1. The van der Waals surface area contributed by atoms with E-state index in [4.69, 9.17) is 10.3 Å². The Hall–Kier alpha value is -3.29. The number of nitrogens with zero attached hydrogens (tertiary/aromatic N) is 2. The van der Waals surface area contributed by atoms with E-state index in [9.17, 15) is 13.6 Å². The van der Waals surface area contributed by atoms with E-state index in [1.54, 1.807) is 0 Å². The highest BCUT2D eigenvalue weighted by Crippen LogP contribution is 2.24. The fourth-order valence-electron chi connectivity index (χ4n) is 2.07. The van der Waals surface area contributed by atoms with Crippen LogP contribution in [0.1, 0.15) is 16.1 Å². The van der Waals surface area contributed by atoms with Gasteiger partial charge in [0, 0.05) is 23.9 Å². The second-order valence-electron chi connectivity index (χ2n) is 4.96. The van der Waals surface area contributed by atoms with E-state index >= 15 is 0 Å². The first-order valence-corrected chi connectivity index (χ1v) is 6.93. The van der Waals surface area contributed by atoms with Crippen LogP contribution in [0.25, 0.3) is 11.3 Å². The van der Waals surface area contributed by atoms with Crippen molar-refractivity contribution in [2.45, 2.75) is 6.54 Å². The molecule has 0 atom stereocenters. The molecule has 3 aromatic rings. The van der Waals surface area contributed by atoms with Gasteiger partial charge in [-0.15, -0.1) is 0 Å². The minimum Gasteiger partial charge on any atom is -0.384 e. The Labute approximate surface area is 135 Å². The van der Waals surface area contributed by atoms with Gasteiger partial charge in [-0.3, -0.25) is 4.79 Å². The van der Waals surface area contributed by atoms with Gasteiger partial charge in [-0.2, -0.15) is 0 Å². The van der Waals surface area contributed by atoms with Gasteiger partial charge in [0.15, 0.2) is 5.76 Å². The maximum atomic E-state index is 13.7. The summed E-state index contributed by atoms with van der Waals surface area (Å²) in [5.41, 5.74) is 6.35. The maximum Gasteiger partial charge on any atom is 0.251 e. The van der Waals surface area contributed by atoms with Crippen LogP contribution in [-0.4, -0.2) is 16.0 Å². The quantitative estimate of drug-likeness (QED) is 0.766. The number of hydrogen-bond acceptors (Lipinski definition) is 5. The van der Waals surface area contributed by atoms with E-state index in [0.717, 1.165) is 12.1 Å². The third kappa shape index (κ3) is 3.37. The molecule has 0 radical (unpaired) electrons. The molecule has 2 heterocycles. The van der Waals surface area contributed by atoms with E-state index < -0.39 is 11.6 Å². The number of hydrogen-bond donors (Lipinski definition) is 2. The lowest BCUT2D eigenvalue weighted by Crippen LogP contribution is -2.23. The number of amides is 1. The molecule has 0 saturated heterocycles. The summed E-state index contributed by atoms with van der Waals surface area (Å²) >= 11 is 0. The molecule has 122 valence electrons. The van der Waals surface area contributed by atoms with Crippen molar-refractivity contribution in [2.24, 2.45) is 0 Å². The molecule has 0 aliphatic carbocycles. The summed E-state index contributed by atoms with van der Waals surface area (Å²) in [6.07, 6.45) is 1.43. The van der Waals surface area contributed by atoms with Crippen LogP contribution in [0.4, 0.5) is 14.6 Å². The predicted molar refractivity (Wildman–Crippen MR) is 81.7 cm³/mol. The van der Waals surface area contributed by atoms with E-state index in [1.807, 2.05) is 0 Å². The topological polar surface area (TPSA) is 94.0 Å². The molecule has 0 spiro atoms. The van der Waals surface area contributed by atoms with Crippen LogP contribution in [0, 0.1) is 11.6 Å². The number of nitrogens with one attached hydrogen (secondary N) is 1. The van der Waals surface area contributed by atoms with Gasteiger partial charge in [0.25, 0.3) is 5.91 Å². The Morgan fingerprint density at radius 1 is 1.21 bits per heavy atom. The lowest BCUT2D eigenvalue weighted by molar-refractivity contribution is 0.0950. The van der Waals surface area contributed by atoms with Gasteiger partial charge in [0.2, 0.25) is 0 Å². The molecule has 8 heteroatoms. The monoisotopic (exact) mass is 330 g/mol. The Bertz CT molecular complexity index is 895. The second kappa shape index (κ2) is 6.45. The third-order valence-electron chi connectivity index (χ3n) is 3.23. The first-order valence-electron chi connectivity index (χ1n) is 6.93. The molecule has 0 unspecified atom stereocenters. The fourth-order valence-corrected chi connectivity index (χ4v) is 2.07. The number of nitrogen functional groups attached to an aromatic ring is 1. The van der Waals surface area contributed by atoms with E-state index in [0.29, 0.717) is 11.3 Å². The van der Waals surface area contributed by atoms with Crippen molar-refractivity contribution >= 4 is 11.7 Å². The average Bonchev–Trinajstić information content (AvgIpc) is 3.01. The largest absolute Gasteiger partial charge is 0.384 e. The highest BCUT2D eigenvalue weighted by Gasteiger charge is 2.13. The molecular weight excluding hydrogens is 318 g/mol. The summed E-state index contributed by atoms with van der Waals surface area (Å²) in [5.74, 6) is -1.42. The summed E-state index contributed by atoms with van der Waals surface area (Å²) in [6.45, 7) is 0.0768. The summed E-state index contributed by atoms with van der Waals surface area (Å²) in [7, 11) is 0. The van der Waals surface area contributed by atoms with Crippen LogP contribution >= 0.6 is 0 Å². The standard InChI is InChI=1S/C16H12F2N4O2/c17-10-1-2-12(13(18)6-10)14-7-11(22-24-14)8-21-16(23)9-3-4-20-15(19)5-9/h1-7H,8H2,(H2,19,20)(H,21,23). The number of aromatic nitrogens is 2. The number of rotatable bonds is 4. The number of pyridine rings is 1. The normalized spacial score (nSPS) is 10.6. The summed E-state index contributed by atoms with van der Waals surface area (Å²) < 4.78 is 31.7. The van der Waals surface area contributed by atoms with Crippen molar-refractivity contribution in [2.75, 3.05) is 5.73 Å². The molecule has 6 nitrogen and oxygen atoms in total. The number of halogens is 2. The SMILES string of the molecule is Nc1cc(C(=O)NCc2cc(-c3ccc(F)cc3F)on2)ccn1. The minimum atomic E-state index is -0.756. The smallest absolute Gasteiger partial charge is 0.251 e. The summed E-state index contributed by atoms with van der Waals surface area (Å²) in [4.78, 5) is 15.8. The molecule has 0 aliphatic rings. The van der Waals surface area contributed by atoms with Crippen LogP contribution < -0.4 is 11.1 Å². The van der Waals surface area contributed by atoms with E-state index in [2.05, 4.69) is 15.5 Å². The molecule has 1 amide bonds. The summed E-state index contributed by atoms with van der Waals surface area (Å²) in [5, 5.41) is 6.38. The lowest BCUT2D eigenvalue weighted by Gasteiger charge is -2.03. The number of benzene rings is 1. The van der Waals surface area contributed by atoms with Crippen LogP contribution in [0.3, 0.4) is 0 Å². The Balaban J connectivity index is 1.69. The molecular formula is C16H12F2N4O2. The van der Waals surface area contributed by atoms with E-state index in [-0.39, 0.29) is 29.6 Å². The van der Waals surface area contributed by atoms with Gasteiger partial charge in [-0.05, 0) is 24.3 Å². The first kappa shape index (κ1) is 15.6. The highest BCUT2D eigenvalue weighted by atomic mass is 19.1. The number of anilines is 1. The summed E-state index contributed by atoms with van der Waals surface area (Å²) in [6, 6.07) is 7.57. The Morgan fingerprint density at radius 2 is 2.04 bits per heavy atom. The van der Waals surface area contributed by atoms with Crippen molar-refractivity contribution in [3.63, 3.8) is 0 Å². The molecule has 0 aliphatic heterocycles. The van der Waals surface area contributed by atoms with Gasteiger partial charge in [0.1, 0.15) is 23.1 Å². The van der Waals surface area contributed by atoms with Crippen LogP contribution in [-0.2, 0) is 6.54 Å². The molecule has 3 rings (SSSR count). The first-order chi connectivity index (χ1) is 11.5. The van der Waals surface area contributed by atoms with Gasteiger partial charge in [-0.25, -0.2) is 13.8 Å². The van der Waals surface area contributed by atoms with Crippen molar-refractivity contribution < 1.29 is 18.1 Å². The zero-order valence-corrected chi connectivity index (χ0v) is 12.3. The fraction of sp³-hybridized carbons (Fsp3) is 0.0625. The zero-order valence-electron chi connectivity index (χ0n) is 12.3. The number of carbonyl (C=O) groups excluding carboxylic acids is 1. The maximum absolute atomic E-state index is 13.7. The van der Waals surface area contributed by atoms with Crippen molar-refractivity contribution in [1.82, 2.24) is 15.5 Å². The number of carbonyl (C=O) groups is 1.